The molecule has 23 heavy (non-hydrogen) atoms. The Bertz CT molecular complexity index is 944. The van der Waals surface area contributed by atoms with Gasteiger partial charge in [-0.2, -0.15) is 0 Å². The van der Waals surface area contributed by atoms with Crippen molar-refractivity contribution in [1.29, 1.82) is 0 Å². The van der Waals surface area contributed by atoms with Gasteiger partial charge in [-0.15, -0.1) is 11.6 Å². The summed E-state index contributed by atoms with van der Waals surface area (Å²) in [7, 11) is -2.16. The highest BCUT2D eigenvalue weighted by Gasteiger charge is 2.22. The van der Waals surface area contributed by atoms with Crippen molar-refractivity contribution < 1.29 is 13.2 Å². The minimum atomic E-state index is -3.70. The molecular weight excluding hydrogens is 334 g/mol. The molecule has 1 aromatic heterocycles. The number of alkyl halides is 1. The first-order valence-corrected chi connectivity index (χ1v) is 8.96. The van der Waals surface area contributed by atoms with Gasteiger partial charge in [-0.05, 0) is 42.8 Å². The van der Waals surface area contributed by atoms with E-state index in [9.17, 15) is 8.42 Å². The first-order chi connectivity index (χ1) is 10.9. The second-order valence-corrected chi connectivity index (χ2v) is 7.66. The molecule has 0 radical (unpaired) electrons. The van der Waals surface area contributed by atoms with Crippen LogP contribution >= 0.6 is 11.6 Å². The van der Waals surface area contributed by atoms with Crippen LogP contribution < -0.4 is 4.74 Å². The van der Waals surface area contributed by atoms with Gasteiger partial charge >= 0.3 is 0 Å². The Hall–Kier alpha value is -1.98. The summed E-state index contributed by atoms with van der Waals surface area (Å²) >= 11 is 6.21. The number of hydrogen-bond acceptors (Lipinski definition) is 3. The standard InChI is InChI=1S/C17H16ClNO3S/c1-12(18)16-11-19(17-6-4-3-5-15(16)17)23(20,21)14-9-7-13(22-2)8-10-14/h3-12H,1-2H3/t12-/m1/s1. The Balaban J connectivity index is 2.22. The van der Waals surface area contributed by atoms with Crippen LogP contribution in [0.15, 0.2) is 59.6 Å². The van der Waals surface area contributed by atoms with E-state index in [0.717, 1.165) is 10.9 Å². The van der Waals surface area contributed by atoms with Gasteiger partial charge in [0.15, 0.2) is 0 Å². The van der Waals surface area contributed by atoms with Crippen molar-refractivity contribution in [3.05, 3.63) is 60.3 Å². The van der Waals surface area contributed by atoms with E-state index in [1.54, 1.807) is 24.4 Å². The van der Waals surface area contributed by atoms with Gasteiger partial charge < -0.3 is 4.74 Å². The molecule has 6 heteroatoms. The predicted molar refractivity (Wildman–Crippen MR) is 91.8 cm³/mol. The van der Waals surface area contributed by atoms with Crippen molar-refractivity contribution in [2.45, 2.75) is 17.2 Å². The van der Waals surface area contributed by atoms with Gasteiger partial charge in [-0.1, -0.05) is 18.2 Å². The van der Waals surface area contributed by atoms with Crippen LogP contribution in [-0.4, -0.2) is 19.5 Å². The Morgan fingerprint density at radius 1 is 1.09 bits per heavy atom. The molecule has 120 valence electrons. The van der Waals surface area contributed by atoms with Gasteiger partial charge in [0.2, 0.25) is 0 Å². The van der Waals surface area contributed by atoms with Gasteiger partial charge in [0.25, 0.3) is 10.0 Å². The highest BCUT2D eigenvalue weighted by Crippen LogP contribution is 2.32. The molecule has 0 bridgehead atoms. The van der Waals surface area contributed by atoms with Crippen molar-refractivity contribution in [3.63, 3.8) is 0 Å². The summed E-state index contributed by atoms with van der Waals surface area (Å²) in [5, 5.41) is 0.555. The number of benzene rings is 2. The normalized spacial score (nSPS) is 13.2. The Morgan fingerprint density at radius 2 is 1.74 bits per heavy atom. The van der Waals surface area contributed by atoms with Crippen LogP contribution in [0, 0.1) is 0 Å². The minimum absolute atomic E-state index is 0.202. The van der Waals surface area contributed by atoms with Crippen LogP contribution in [0.25, 0.3) is 10.9 Å². The molecule has 2 aromatic carbocycles. The lowest BCUT2D eigenvalue weighted by Crippen LogP contribution is -2.11. The number of aromatic nitrogens is 1. The number of hydrogen-bond donors (Lipinski definition) is 0. The first kappa shape index (κ1) is 15.9. The highest BCUT2D eigenvalue weighted by atomic mass is 35.5. The number of nitrogens with zero attached hydrogens (tertiary/aromatic N) is 1. The molecule has 0 spiro atoms. The van der Waals surface area contributed by atoms with E-state index in [2.05, 4.69) is 0 Å². The molecule has 0 unspecified atom stereocenters. The number of ether oxygens (including phenoxy) is 1. The molecule has 0 saturated heterocycles. The van der Waals surface area contributed by atoms with Gasteiger partial charge in [-0.3, -0.25) is 0 Å². The van der Waals surface area contributed by atoms with E-state index in [4.69, 9.17) is 16.3 Å². The Kier molecular flexibility index (Phi) is 4.08. The van der Waals surface area contributed by atoms with Crippen LogP contribution in [0.3, 0.4) is 0 Å². The maximum atomic E-state index is 13.0. The third-order valence-corrected chi connectivity index (χ3v) is 5.68. The number of fused-ring (bicyclic) bond motifs is 1. The summed E-state index contributed by atoms with van der Waals surface area (Å²) < 4.78 is 32.3. The van der Waals surface area contributed by atoms with E-state index in [0.29, 0.717) is 11.3 Å². The van der Waals surface area contributed by atoms with E-state index in [-0.39, 0.29) is 10.3 Å². The summed E-state index contributed by atoms with van der Waals surface area (Å²) in [6.45, 7) is 1.83. The minimum Gasteiger partial charge on any atom is -0.497 e. The topological polar surface area (TPSA) is 48.3 Å². The van der Waals surface area contributed by atoms with Crippen molar-refractivity contribution in [1.82, 2.24) is 3.97 Å². The predicted octanol–water partition coefficient (Wildman–Crippen LogP) is 4.19. The fourth-order valence-electron chi connectivity index (χ4n) is 2.55. The summed E-state index contributed by atoms with van der Waals surface area (Å²) in [4.78, 5) is 0.202. The van der Waals surface area contributed by atoms with E-state index >= 15 is 0 Å². The molecule has 0 N–H and O–H groups in total. The quantitative estimate of drug-likeness (QED) is 0.664. The van der Waals surface area contributed by atoms with E-state index in [1.165, 1.54) is 23.2 Å². The zero-order valence-corrected chi connectivity index (χ0v) is 14.3. The number of halogens is 1. The molecule has 1 heterocycles. The van der Waals surface area contributed by atoms with Gasteiger partial charge in [-0.25, -0.2) is 12.4 Å². The first-order valence-electron chi connectivity index (χ1n) is 7.09. The maximum Gasteiger partial charge on any atom is 0.268 e. The lowest BCUT2D eigenvalue weighted by molar-refractivity contribution is 0.414. The number of methoxy groups -OCH3 is 1. The van der Waals surface area contributed by atoms with Crippen molar-refractivity contribution in [3.8, 4) is 5.75 Å². The lowest BCUT2D eigenvalue weighted by atomic mass is 10.1. The van der Waals surface area contributed by atoms with Gasteiger partial charge in [0.1, 0.15) is 5.75 Å². The summed E-state index contributed by atoms with van der Waals surface area (Å²) in [6.07, 6.45) is 1.60. The van der Waals surface area contributed by atoms with Crippen LogP contribution in [-0.2, 0) is 10.0 Å². The lowest BCUT2D eigenvalue weighted by Gasteiger charge is -2.08. The molecule has 1 atom stereocenters. The van der Waals surface area contributed by atoms with E-state index < -0.39 is 10.0 Å². The molecule has 0 fully saturated rings. The third-order valence-electron chi connectivity index (χ3n) is 3.75. The molecule has 0 amide bonds. The molecule has 3 aromatic rings. The van der Waals surface area contributed by atoms with Crippen LogP contribution in [0.5, 0.6) is 5.75 Å². The van der Waals surface area contributed by atoms with Crippen molar-refractivity contribution in [2.24, 2.45) is 0 Å². The van der Waals surface area contributed by atoms with Gasteiger partial charge in [0, 0.05) is 11.6 Å². The van der Waals surface area contributed by atoms with Gasteiger partial charge in [0.05, 0.1) is 22.9 Å². The SMILES string of the molecule is COc1ccc(S(=O)(=O)n2cc([C@@H](C)Cl)c3ccccc32)cc1. The largest absolute Gasteiger partial charge is 0.497 e. The molecular formula is C17H16ClNO3S. The monoisotopic (exact) mass is 349 g/mol. The smallest absolute Gasteiger partial charge is 0.268 e. The van der Waals surface area contributed by atoms with Crippen LogP contribution in [0.1, 0.15) is 17.9 Å². The number of para-hydroxylation sites is 1. The maximum absolute atomic E-state index is 13.0. The molecule has 4 nitrogen and oxygen atoms in total. The molecule has 3 rings (SSSR count). The van der Waals surface area contributed by atoms with Crippen LogP contribution in [0.4, 0.5) is 0 Å². The summed E-state index contributed by atoms with van der Waals surface area (Å²) in [6, 6.07) is 13.7. The Labute approximate surface area is 140 Å². The summed E-state index contributed by atoms with van der Waals surface area (Å²) in [5.74, 6) is 0.608. The average molecular weight is 350 g/mol. The fraction of sp³-hybridized carbons (Fsp3) is 0.176. The molecule has 0 saturated carbocycles. The van der Waals surface area contributed by atoms with E-state index in [1.807, 2.05) is 25.1 Å². The highest BCUT2D eigenvalue weighted by molar-refractivity contribution is 7.90. The van der Waals surface area contributed by atoms with Crippen molar-refractivity contribution >= 4 is 32.5 Å². The molecule has 0 aliphatic heterocycles. The average Bonchev–Trinajstić information content (AvgIpc) is 2.95. The third kappa shape index (κ3) is 2.71. The molecule has 0 aliphatic carbocycles. The zero-order valence-electron chi connectivity index (χ0n) is 12.7. The second kappa shape index (κ2) is 5.91. The van der Waals surface area contributed by atoms with Crippen molar-refractivity contribution in [2.75, 3.05) is 7.11 Å². The molecule has 0 aliphatic rings. The second-order valence-electron chi connectivity index (χ2n) is 5.19. The summed E-state index contributed by atoms with van der Waals surface area (Å²) in [5.41, 5.74) is 1.41. The van der Waals surface area contributed by atoms with Crippen LogP contribution in [0.2, 0.25) is 0 Å². The zero-order chi connectivity index (χ0) is 16.6. The number of rotatable bonds is 4. The fourth-order valence-corrected chi connectivity index (χ4v) is 4.10. The Morgan fingerprint density at radius 3 is 2.35 bits per heavy atom.